The van der Waals surface area contributed by atoms with Crippen LogP contribution in [0, 0.1) is 6.92 Å². The molecule has 0 saturated carbocycles. The third kappa shape index (κ3) is 5.26. The van der Waals surface area contributed by atoms with E-state index in [4.69, 9.17) is 4.74 Å². The monoisotopic (exact) mass is 397 g/mol. The summed E-state index contributed by atoms with van der Waals surface area (Å²) in [6.45, 7) is 2.61. The number of amides is 1. The molecule has 0 atom stereocenters. The first-order valence-corrected chi connectivity index (χ1v) is 9.79. The Bertz CT molecular complexity index is 940. The van der Waals surface area contributed by atoms with Crippen molar-refractivity contribution in [3.63, 3.8) is 0 Å². The van der Waals surface area contributed by atoms with Crippen LogP contribution in [0.4, 0.5) is 11.4 Å². The maximum atomic E-state index is 12.2. The first-order chi connectivity index (χ1) is 13.5. The molecule has 3 aromatic rings. The van der Waals surface area contributed by atoms with Crippen molar-refractivity contribution in [3.05, 3.63) is 59.9 Å². The van der Waals surface area contributed by atoms with Crippen LogP contribution in [0.5, 0.6) is 5.75 Å². The lowest BCUT2D eigenvalue weighted by Gasteiger charge is -2.08. The number of ether oxygens (including phenoxy) is 1. The molecular weight excluding hydrogens is 374 g/mol. The van der Waals surface area contributed by atoms with Crippen LogP contribution in [0.25, 0.3) is 0 Å². The van der Waals surface area contributed by atoms with Crippen molar-refractivity contribution < 1.29 is 9.53 Å². The van der Waals surface area contributed by atoms with Crippen molar-refractivity contribution in [2.45, 2.75) is 18.6 Å². The van der Waals surface area contributed by atoms with Gasteiger partial charge >= 0.3 is 0 Å². The maximum Gasteiger partial charge on any atom is 0.234 e. The van der Waals surface area contributed by atoms with Crippen LogP contribution in [0.2, 0.25) is 0 Å². The Hall–Kier alpha value is -3.00. The van der Waals surface area contributed by atoms with Crippen LogP contribution in [0.1, 0.15) is 11.4 Å². The van der Waals surface area contributed by atoms with E-state index < -0.39 is 0 Å². The van der Waals surface area contributed by atoms with E-state index in [0.29, 0.717) is 23.1 Å². The number of nitrogens with zero attached hydrogens (tertiary/aromatic N) is 3. The van der Waals surface area contributed by atoms with Crippen LogP contribution in [-0.4, -0.2) is 33.5 Å². The van der Waals surface area contributed by atoms with Crippen molar-refractivity contribution in [2.75, 3.05) is 23.5 Å². The normalized spacial score (nSPS) is 10.5. The molecule has 8 heteroatoms. The number of hydrogen-bond donors (Lipinski definition) is 2. The molecule has 0 spiro atoms. The number of carbonyl (C=O) groups is 1. The summed E-state index contributed by atoms with van der Waals surface area (Å²) in [5.74, 6) is 1.63. The highest BCUT2D eigenvalue weighted by molar-refractivity contribution is 7.99. The lowest BCUT2D eigenvalue weighted by molar-refractivity contribution is -0.113. The topological polar surface area (TPSA) is 81.1 Å². The van der Waals surface area contributed by atoms with Crippen molar-refractivity contribution in [1.82, 2.24) is 14.8 Å². The van der Waals surface area contributed by atoms with Crippen LogP contribution >= 0.6 is 11.8 Å². The van der Waals surface area contributed by atoms with Crippen LogP contribution < -0.4 is 15.4 Å². The van der Waals surface area contributed by atoms with E-state index in [0.717, 1.165) is 11.5 Å². The van der Waals surface area contributed by atoms with Crippen molar-refractivity contribution in [2.24, 2.45) is 7.05 Å². The van der Waals surface area contributed by atoms with Gasteiger partial charge in [0.2, 0.25) is 5.91 Å². The fraction of sp³-hybridized carbons (Fsp3) is 0.250. The molecule has 0 fully saturated rings. The molecule has 0 unspecified atom stereocenters. The quantitative estimate of drug-likeness (QED) is 0.567. The lowest BCUT2D eigenvalue weighted by Crippen LogP contribution is -2.14. The van der Waals surface area contributed by atoms with Gasteiger partial charge in [0.1, 0.15) is 5.75 Å². The Balaban J connectivity index is 1.52. The van der Waals surface area contributed by atoms with Gasteiger partial charge in [-0.15, -0.1) is 10.2 Å². The number of anilines is 2. The molecule has 0 aliphatic heterocycles. The third-order valence-electron chi connectivity index (χ3n) is 4.11. The predicted molar refractivity (Wildman–Crippen MR) is 112 cm³/mol. The van der Waals surface area contributed by atoms with E-state index in [-0.39, 0.29) is 11.7 Å². The third-order valence-corrected chi connectivity index (χ3v) is 5.13. The second-order valence-corrected chi connectivity index (χ2v) is 7.19. The molecule has 28 heavy (non-hydrogen) atoms. The average molecular weight is 398 g/mol. The van der Waals surface area contributed by atoms with E-state index in [1.807, 2.05) is 41.9 Å². The Labute approximate surface area is 168 Å². The molecule has 1 amide bonds. The number of thioether (sulfide) groups is 1. The molecule has 2 aromatic carbocycles. The van der Waals surface area contributed by atoms with Gasteiger partial charge < -0.3 is 19.9 Å². The van der Waals surface area contributed by atoms with Gasteiger partial charge in [0, 0.05) is 24.5 Å². The van der Waals surface area contributed by atoms with E-state index in [1.165, 1.54) is 17.3 Å². The molecule has 7 nitrogen and oxygen atoms in total. The Morgan fingerprint density at radius 1 is 1.14 bits per heavy atom. The number of nitrogens with one attached hydrogen (secondary N) is 2. The number of hydrogen-bond acceptors (Lipinski definition) is 6. The zero-order valence-corrected chi connectivity index (χ0v) is 16.9. The molecule has 0 bridgehead atoms. The standard InChI is InChI=1S/C20H23N5O2S/c1-14-7-9-15(10-8-14)21-12-18-23-24-20(25(18)2)28-13-19(26)22-16-5-4-6-17(11-16)27-3/h4-11,21H,12-13H2,1-3H3,(H,22,26). The van der Waals surface area contributed by atoms with Gasteiger partial charge in [0.05, 0.1) is 19.4 Å². The van der Waals surface area contributed by atoms with Gasteiger partial charge in [-0.25, -0.2) is 0 Å². The van der Waals surface area contributed by atoms with E-state index in [1.54, 1.807) is 13.2 Å². The summed E-state index contributed by atoms with van der Waals surface area (Å²) in [5.41, 5.74) is 2.95. The number of rotatable bonds is 8. The molecular formula is C20H23N5O2S. The minimum absolute atomic E-state index is 0.111. The first kappa shape index (κ1) is 19.8. The summed E-state index contributed by atoms with van der Waals surface area (Å²) in [6, 6.07) is 15.4. The fourth-order valence-corrected chi connectivity index (χ4v) is 3.24. The summed E-state index contributed by atoms with van der Waals surface area (Å²) in [4.78, 5) is 12.2. The minimum Gasteiger partial charge on any atom is -0.497 e. The summed E-state index contributed by atoms with van der Waals surface area (Å²) in [5, 5.41) is 15.3. The highest BCUT2D eigenvalue weighted by atomic mass is 32.2. The molecule has 0 saturated heterocycles. The number of aromatic nitrogens is 3. The average Bonchev–Trinajstić information content (AvgIpc) is 3.05. The van der Waals surface area contributed by atoms with Crippen LogP contribution in [-0.2, 0) is 18.4 Å². The summed E-state index contributed by atoms with van der Waals surface area (Å²) < 4.78 is 7.05. The summed E-state index contributed by atoms with van der Waals surface area (Å²) >= 11 is 1.35. The van der Waals surface area contributed by atoms with Crippen molar-refractivity contribution >= 4 is 29.0 Å². The molecule has 146 valence electrons. The number of carbonyl (C=O) groups excluding carboxylic acids is 1. The fourth-order valence-electron chi connectivity index (χ4n) is 2.51. The minimum atomic E-state index is -0.111. The number of methoxy groups -OCH3 is 1. The maximum absolute atomic E-state index is 12.2. The predicted octanol–water partition coefficient (Wildman–Crippen LogP) is 3.48. The number of benzene rings is 2. The highest BCUT2D eigenvalue weighted by Crippen LogP contribution is 2.19. The van der Waals surface area contributed by atoms with Gasteiger partial charge in [-0.2, -0.15) is 0 Å². The van der Waals surface area contributed by atoms with E-state index in [9.17, 15) is 4.79 Å². The Morgan fingerprint density at radius 3 is 2.68 bits per heavy atom. The zero-order chi connectivity index (χ0) is 19.9. The van der Waals surface area contributed by atoms with Crippen molar-refractivity contribution in [3.8, 4) is 5.75 Å². The van der Waals surface area contributed by atoms with Gasteiger partial charge in [-0.05, 0) is 31.2 Å². The molecule has 0 aliphatic carbocycles. The van der Waals surface area contributed by atoms with Crippen molar-refractivity contribution in [1.29, 1.82) is 0 Å². The second kappa shape index (κ2) is 9.27. The van der Waals surface area contributed by atoms with E-state index in [2.05, 4.69) is 39.9 Å². The molecule has 0 aliphatic rings. The first-order valence-electron chi connectivity index (χ1n) is 8.80. The summed E-state index contributed by atoms with van der Waals surface area (Å²) in [7, 11) is 3.49. The number of aryl methyl sites for hydroxylation is 1. The molecule has 0 radical (unpaired) electrons. The van der Waals surface area contributed by atoms with Crippen LogP contribution in [0.3, 0.4) is 0 Å². The van der Waals surface area contributed by atoms with E-state index >= 15 is 0 Å². The molecule has 1 aromatic heterocycles. The van der Waals surface area contributed by atoms with Gasteiger partial charge in [-0.3, -0.25) is 4.79 Å². The lowest BCUT2D eigenvalue weighted by atomic mass is 10.2. The van der Waals surface area contributed by atoms with Crippen LogP contribution in [0.15, 0.2) is 53.7 Å². The largest absolute Gasteiger partial charge is 0.497 e. The highest BCUT2D eigenvalue weighted by Gasteiger charge is 2.12. The Morgan fingerprint density at radius 2 is 1.93 bits per heavy atom. The molecule has 1 heterocycles. The van der Waals surface area contributed by atoms with Gasteiger partial charge in [0.25, 0.3) is 0 Å². The zero-order valence-electron chi connectivity index (χ0n) is 16.1. The summed E-state index contributed by atoms with van der Waals surface area (Å²) in [6.07, 6.45) is 0. The molecule has 3 rings (SSSR count). The second-order valence-electron chi connectivity index (χ2n) is 6.25. The molecule has 2 N–H and O–H groups in total. The van der Waals surface area contributed by atoms with Gasteiger partial charge in [-0.1, -0.05) is 35.5 Å². The SMILES string of the molecule is COc1cccc(NC(=O)CSc2nnc(CNc3ccc(C)cc3)n2C)c1. The van der Waals surface area contributed by atoms with Gasteiger partial charge in [0.15, 0.2) is 11.0 Å². The Kier molecular flexibility index (Phi) is 6.54. The smallest absolute Gasteiger partial charge is 0.234 e.